The Balaban J connectivity index is 2.26. The van der Waals surface area contributed by atoms with Gasteiger partial charge in [-0.25, -0.2) is 13.5 Å². The van der Waals surface area contributed by atoms with Crippen LogP contribution in [-0.4, -0.2) is 38.9 Å². The molecule has 0 aliphatic heterocycles. The maximum atomic E-state index is 13.0. The number of alkyl halides is 2. The van der Waals surface area contributed by atoms with Gasteiger partial charge in [-0.3, -0.25) is 4.79 Å². The van der Waals surface area contributed by atoms with Gasteiger partial charge >= 0.3 is 0 Å². The number of hydrogen-bond acceptors (Lipinski definition) is 4. The summed E-state index contributed by atoms with van der Waals surface area (Å²) in [5.41, 5.74) is 0.583. The normalized spacial score (nSPS) is 16.4. The van der Waals surface area contributed by atoms with E-state index in [1.165, 1.54) is 0 Å². The zero-order valence-corrected chi connectivity index (χ0v) is 8.44. The van der Waals surface area contributed by atoms with Crippen molar-refractivity contribution in [2.45, 2.75) is 31.2 Å². The number of halogens is 2. The van der Waals surface area contributed by atoms with Crippen LogP contribution in [0.5, 0.6) is 0 Å². The summed E-state index contributed by atoms with van der Waals surface area (Å²) in [6, 6.07) is 0. The third-order valence-electron chi connectivity index (χ3n) is 2.49. The molecule has 0 saturated heterocycles. The summed E-state index contributed by atoms with van der Waals surface area (Å²) >= 11 is 0. The lowest BCUT2D eigenvalue weighted by Crippen LogP contribution is -2.29. The molecule has 0 atom stereocenters. The second-order valence-electron chi connectivity index (χ2n) is 3.92. The predicted molar refractivity (Wildman–Crippen MR) is 49.4 cm³/mol. The molecule has 5 nitrogen and oxygen atoms in total. The number of rotatable bonds is 5. The van der Waals surface area contributed by atoms with Crippen LogP contribution in [0.4, 0.5) is 8.78 Å². The minimum Gasteiger partial charge on any atom is -0.390 e. The van der Waals surface area contributed by atoms with Crippen molar-refractivity contribution in [3.8, 4) is 0 Å². The number of aromatic nitrogens is 3. The van der Waals surface area contributed by atoms with Crippen LogP contribution >= 0.6 is 0 Å². The number of carbonyl (C=O) groups excluding carboxylic acids is 1. The van der Waals surface area contributed by atoms with Crippen LogP contribution in [0.25, 0.3) is 0 Å². The van der Waals surface area contributed by atoms with Crippen LogP contribution in [-0.2, 0) is 6.54 Å². The number of carbonyl (C=O) groups is 1. The number of aliphatic hydroxyl groups is 1. The first-order valence-electron chi connectivity index (χ1n) is 4.94. The third-order valence-corrected chi connectivity index (χ3v) is 2.49. The average molecular weight is 231 g/mol. The van der Waals surface area contributed by atoms with Gasteiger partial charge in [0.05, 0.1) is 5.69 Å². The Morgan fingerprint density at radius 1 is 1.56 bits per heavy atom. The molecule has 0 bridgehead atoms. The predicted octanol–water partition coefficient (Wildman–Crippen LogP) is 0.596. The molecule has 0 aromatic carbocycles. The SMILES string of the molecule is O=Cc1nnn(CC(F)(F)CO)c1C1CC1. The van der Waals surface area contributed by atoms with Crippen LogP contribution < -0.4 is 0 Å². The molecule has 0 radical (unpaired) electrons. The molecule has 1 heterocycles. The maximum absolute atomic E-state index is 13.0. The second kappa shape index (κ2) is 3.89. The van der Waals surface area contributed by atoms with Gasteiger partial charge in [0, 0.05) is 5.92 Å². The summed E-state index contributed by atoms with van der Waals surface area (Å²) < 4.78 is 27.0. The maximum Gasteiger partial charge on any atom is 0.289 e. The van der Waals surface area contributed by atoms with Crippen molar-refractivity contribution in [3.63, 3.8) is 0 Å². The van der Waals surface area contributed by atoms with Crippen molar-refractivity contribution in [2.24, 2.45) is 0 Å². The first-order valence-corrected chi connectivity index (χ1v) is 4.94. The van der Waals surface area contributed by atoms with Crippen LogP contribution in [0.15, 0.2) is 0 Å². The Morgan fingerprint density at radius 3 is 2.75 bits per heavy atom. The van der Waals surface area contributed by atoms with Gasteiger partial charge in [-0.1, -0.05) is 5.21 Å². The highest BCUT2D eigenvalue weighted by Crippen LogP contribution is 2.41. The number of aldehydes is 1. The Kier molecular flexibility index (Phi) is 2.71. The number of nitrogens with zero attached hydrogens (tertiary/aromatic N) is 3. The van der Waals surface area contributed by atoms with Crippen LogP contribution in [0.3, 0.4) is 0 Å². The minimum absolute atomic E-state index is 0.102. The van der Waals surface area contributed by atoms with Crippen LogP contribution in [0, 0.1) is 0 Å². The molecule has 1 saturated carbocycles. The van der Waals surface area contributed by atoms with Gasteiger partial charge < -0.3 is 5.11 Å². The van der Waals surface area contributed by atoms with E-state index in [1.54, 1.807) is 0 Å². The van der Waals surface area contributed by atoms with Crippen LogP contribution in [0.1, 0.15) is 34.9 Å². The molecule has 2 rings (SSSR count). The lowest BCUT2D eigenvalue weighted by atomic mass is 10.2. The molecule has 1 aromatic rings. The van der Waals surface area contributed by atoms with Gasteiger partial charge in [-0.05, 0) is 12.8 Å². The highest BCUT2D eigenvalue weighted by atomic mass is 19.3. The topological polar surface area (TPSA) is 68.0 Å². The fourth-order valence-corrected chi connectivity index (χ4v) is 1.58. The minimum atomic E-state index is -3.24. The Hall–Kier alpha value is -1.37. The Bertz CT molecular complexity index is 401. The summed E-state index contributed by atoms with van der Waals surface area (Å²) in [6.07, 6.45) is 2.24. The number of aliphatic hydroxyl groups excluding tert-OH is 1. The molecule has 88 valence electrons. The van der Waals surface area contributed by atoms with E-state index in [4.69, 9.17) is 5.11 Å². The summed E-state index contributed by atoms with van der Waals surface area (Å²) in [4.78, 5) is 10.7. The Morgan fingerprint density at radius 2 is 2.25 bits per heavy atom. The lowest BCUT2D eigenvalue weighted by Gasteiger charge is -2.14. The second-order valence-corrected chi connectivity index (χ2v) is 3.92. The molecule has 1 N–H and O–H groups in total. The lowest BCUT2D eigenvalue weighted by molar-refractivity contribution is -0.0660. The number of hydrogen-bond donors (Lipinski definition) is 1. The summed E-state index contributed by atoms with van der Waals surface area (Å²) in [5.74, 6) is -3.14. The first-order chi connectivity index (χ1) is 7.57. The van der Waals surface area contributed by atoms with E-state index < -0.39 is 19.1 Å². The molecule has 0 unspecified atom stereocenters. The molecule has 16 heavy (non-hydrogen) atoms. The van der Waals surface area contributed by atoms with Crippen molar-refractivity contribution >= 4 is 6.29 Å². The molecular weight excluding hydrogens is 220 g/mol. The summed E-state index contributed by atoms with van der Waals surface area (Å²) in [5, 5.41) is 15.6. The zero-order valence-electron chi connectivity index (χ0n) is 8.44. The van der Waals surface area contributed by atoms with Gasteiger partial charge in [0.15, 0.2) is 6.29 Å². The quantitative estimate of drug-likeness (QED) is 0.753. The van der Waals surface area contributed by atoms with E-state index in [2.05, 4.69) is 10.3 Å². The standard InChI is InChI=1S/C9H11F2N3O2/c10-9(11,5-16)4-14-8(6-1-2-6)7(3-15)12-13-14/h3,6,16H,1-2,4-5H2. The van der Waals surface area contributed by atoms with Gasteiger partial charge in [0.2, 0.25) is 0 Å². The monoisotopic (exact) mass is 231 g/mol. The van der Waals surface area contributed by atoms with Crippen molar-refractivity contribution in [3.05, 3.63) is 11.4 Å². The van der Waals surface area contributed by atoms with E-state index in [0.29, 0.717) is 12.0 Å². The average Bonchev–Trinajstić information content (AvgIpc) is 3.01. The fraction of sp³-hybridized carbons (Fsp3) is 0.667. The van der Waals surface area contributed by atoms with E-state index in [-0.39, 0.29) is 11.6 Å². The van der Waals surface area contributed by atoms with Gasteiger partial charge in [0.25, 0.3) is 5.92 Å². The molecule has 7 heteroatoms. The summed E-state index contributed by atoms with van der Waals surface area (Å²) in [6.45, 7) is -1.98. The largest absolute Gasteiger partial charge is 0.390 e. The third kappa shape index (κ3) is 2.08. The summed E-state index contributed by atoms with van der Waals surface area (Å²) in [7, 11) is 0. The van der Waals surface area contributed by atoms with Crippen LogP contribution in [0.2, 0.25) is 0 Å². The highest BCUT2D eigenvalue weighted by molar-refractivity contribution is 5.73. The van der Waals surface area contributed by atoms with Gasteiger partial charge in [0.1, 0.15) is 18.8 Å². The van der Waals surface area contributed by atoms with E-state index in [1.807, 2.05) is 0 Å². The Labute approximate surface area is 90.1 Å². The zero-order chi connectivity index (χ0) is 11.8. The van der Waals surface area contributed by atoms with Crippen molar-refractivity contribution in [1.82, 2.24) is 15.0 Å². The van der Waals surface area contributed by atoms with E-state index in [0.717, 1.165) is 17.5 Å². The van der Waals surface area contributed by atoms with E-state index >= 15 is 0 Å². The van der Waals surface area contributed by atoms with Crippen molar-refractivity contribution in [1.29, 1.82) is 0 Å². The molecule has 1 fully saturated rings. The molecule has 1 aliphatic carbocycles. The van der Waals surface area contributed by atoms with Gasteiger partial charge in [-0.15, -0.1) is 5.10 Å². The molecular formula is C9H11F2N3O2. The van der Waals surface area contributed by atoms with E-state index in [9.17, 15) is 13.6 Å². The molecule has 0 amide bonds. The first kappa shape index (κ1) is 11.1. The van der Waals surface area contributed by atoms with Crippen molar-refractivity contribution < 1.29 is 18.7 Å². The highest BCUT2D eigenvalue weighted by Gasteiger charge is 2.35. The van der Waals surface area contributed by atoms with Gasteiger partial charge in [-0.2, -0.15) is 0 Å². The molecule has 1 aliphatic rings. The van der Waals surface area contributed by atoms with Crippen molar-refractivity contribution in [2.75, 3.05) is 6.61 Å². The fourth-order valence-electron chi connectivity index (χ4n) is 1.58. The smallest absolute Gasteiger partial charge is 0.289 e. The molecule has 0 spiro atoms. The molecule has 1 aromatic heterocycles.